The van der Waals surface area contributed by atoms with Crippen LogP contribution in [0.1, 0.15) is 0 Å². The molecule has 0 aliphatic heterocycles. The number of nitrogens with one attached hydrogen (secondary N) is 1. The summed E-state index contributed by atoms with van der Waals surface area (Å²) in [6.45, 7) is 0. The average Bonchev–Trinajstić information content (AvgIpc) is 3.53. The molecule has 0 spiro atoms. The molecule has 0 atom stereocenters. The third-order valence-corrected chi connectivity index (χ3v) is 7.74. The number of fused-ring (bicyclic) bond motifs is 7. The summed E-state index contributed by atoms with van der Waals surface area (Å²) in [6.07, 6.45) is 0. The minimum atomic E-state index is 1.17. The molecule has 0 aliphatic carbocycles. The number of para-hydroxylation sites is 3. The zero-order valence-electron chi connectivity index (χ0n) is 20.7. The Morgan fingerprint density at radius 1 is 0.421 bits per heavy atom. The minimum absolute atomic E-state index is 1.17. The van der Waals surface area contributed by atoms with Crippen LogP contribution in [0.15, 0.2) is 140 Å². The highest BCUT2D eigenvalue weighted by atomic mass is 15.0. The van der Waals surface area contributed by atoms with Crippen LogP contribution in [0, 0.1) is 0 Å². The quantitative estimate of drug-likeness (QED) is 0.258. The van der Waals surface area contributed by atoms with E-state index in [1.807, 2.05) is 0 Å². The molecule has 2 nitrogen and oxygen atoms in total. The Labute approximate surface area is 220 Å². The zero-order valence-corrected chi connectivity index (χ0v) is 20.7. The van der Waals surface area contributed by atoms with E-state index in [-0.39, 0.29) is 0 Å². The fourth-order valence-corrected chi connectivity index (χ4v) is 6.10. The van der Waals surface area contributed by atoms with E-state index in [1.165, 1.54) is 71.6 Å². The van der Waals surface area contributed by atoms with Crippen LogP contribution < -0.4 is 0 Å². The summed E-state index contributed by atoms with van der Waals surface area (Å²) in [5.74, 6) is 0. The van der Waals surface area contributed by atoms with E-state index in [9.17, 15) is 0 Å². The number of hydrogen-bond donors (Lipinski definition) is 1. The molecule has 0 saturated carbocycles. The van der Waals surface area contributed by atoms with Crippen molar-refractivity contribution in [1.82, 2.24) is 9.55 Å². The molecule has 0 bridgehead atoms. The van der Waals surface area contributed by atoms with Crippen molar-refractivity contribution in [2.45, 2.75) is 0 Å². The molecule has 2 heteroatoms. The molecular formula is C36H24N2. The largest absolute Gasteiger partial charge is 0.354 e. The third-order valence-electron chi connectivity index (χ3n) is 7.74. The lowest BCUT2D eigenvalue weighted by Crippen LogP contribution is -2.00. The van der Waals surface area contributed by atoms with Gasteiger partial charge in [0.05, 0.1) is 22.2 Å². The smallest absolute Gasteiger partial charge is 0.0618 e. The van der Waals surface area contributed by atoms with Gasteiger partial charge in [0.15, 0.2) is 0 Å². The first kappa shape index (κ1) is 21.0. The number of benzene rings is 6. The van der Waals surface area contributed by atoms with Gasteiger partial charge in [-0.05, 0) is 29.3 Å². The Kier molecular flexibility index (Phi) is 4.55. The summed E-state index contributed by atoms with van der Waals surface area (Å²) < 4.78 is 2.47. The van der Waals surface area contributed by atoms with Crippen molar-refractivity contribution >= 4 is 43.6 Å². The van der Waals surface area contributed by atoms with Gasteiger partial charge in [0.2, 0.25) is 0 Å². The predicted octanol–water partition coefficient (Wildman–Crippen LogP) is 9.75. The molecule has 38 heavy (non-hydrogen) atoms. The first-order chi connectivity index (χ1) is 18.9. The second-order valence-corrected chi connectivity index (χ2v) is 9.84. The van der Waals surface area contributed by atoms with Crippen molar-refractivity contribution in [2.75, 3.05) is 0 Å². The van der Waals surface area contributed by atoms with E-state index < -0.39 is 0 Å². The van der Waals surface area contributed by atoms with Gasteiger partial charge in [0.25, 0.3) is 0 Å². The zero-order chi connectivity index (χ0) is 25.1. The molecule has 178 valence electrons. The molecule has 0 aliphatic rings. The summed E-state index contributed by atoms with van der Waals surface area (Å²) in [7, 11) is 0. The Morgan fingerprint density at radius 2 is 1.03 bits per heavy atom. The van der Waals surface area contributed by atoms with Gasteiger partial charge in [-0.25, -0.2) is 0 Å². The van der Waals surface area contributed by atoms with Crippen LogP contribution in [0.2, 0.25) is 0 Å². The topological polar surface area (TPSA) is 20.7 Å². The van der Waals surface area contributed by atoms with Crippen molar-refractivity contribution < 1.29 is 0 Å². The van der Waals surface area contributed by atoms with Crippen LogP contribution in [0.3, 0.4) is 0 Å². The molecule has 2 aromatic heterocycles. The van der Waals surface area contributed by atoms with Crippen LogP contribution >= 0.6 is 0 Å². The van der Waals surface area contributed by atoms with Crippen molar-refractivity contribution in [3.63, 3.8) is 0 Å². The Balaban J connectivity index is 1.58. The molecule has 1 N–H and O–H groups in total. The SMILES string of the molecule is c1ccc(-c2cccc(-c3ccccc3)c2-n2c3ccccc3c3c4[nH]c5ccccc5c4ccc32)cc1. The van der Waals surface area contributed by atoms with Gasteiger partial charge in [0.1, 0.15) is 0 Å². The lowest BCUT2D eigenvalue weighted by molar-refractivity contribution is 1.18. The van der Waals surface area contributed by atoms with Crippen molar-refractivity contribution in [3.05, 3.63) is 140 Å². The standard InChI is InChI=1S/C36H24N2/c1-3-12-24(13-4-1)26-18-11-19-27(25-14-5-2-6-15-25)36(26)38-32-21-10-8-17-30(32)34-33(38)23-22-29-28-16-7-9-20-31(28)37-35(29)34/h1-23,37H. The van der Waals surface area contributed by atoms with Gasteiger partial charge in [-0.3, -0.25) is 0 Å². The van der Waals surface area contributed by atoms with Crippen molar-refractivity contribution in [1.29, 1.82) is 0 Å². The number of rotatable bonds is 3. The van der Waals surface area contributed by atoms with Gasteiger partial charge >= 0.3 is 0 Å². The molecule has 6 aromatic carbocycles. The van der Waals surface area contributed by atoms with E-state index >= 15 is 0 Å². The molecule has 0 unspecified atom stereocenters. The average molecular weight is 485 g/mol. The summed E-state index contributed by atoms with van der Waals surface area (Å²) in [4.78, 5) is 3.76. The maximum Gasteiger partial charge on any atom is 0.0618 e. The Hall–Kier alpha value is -5.08. The van der Waals surface area contributed by atoms with E-state index in [0.29, 0.717) is 0 Å². The van der Waals surface area contributed by atoms with E-state index in [1.54, 1.807) is 0 Å². The molecule has 0 amide bonds. The normalized spacial score (nSPS) is 11.7. The number of aromatic amines is 1. The lowest BCUT2D eigenvalue weighted by Gasteiger charge is -2.19. The number of H-pyrrole nitrogens is 1. The third kappa shape index (κ3) is 3.01. The van der Waals surface area contributed by atoms with E-state index in [4.69, 9.17) is 0 Å². The molecule has 0 radical (unpaired) electrons. The highest BCUT2D eigenvalue weighted by molar-refractivity contribution is 6.25. The maximum absolute atomic E-state index is 3.76. The number of aromatic nitrogens is 2. The molecule has 2 heterocycles. The highest BCUT2D eigenvalue weighted by Crippen LogP contribution is 2.43. The fourth-order valence-electron chi connectivity index (χ4n) is 6.10. The van der Waals surface area contributed by atoms with Crippen LogP contribution in [0.5, 0.6) is 0 Å². The monoisotopic (exact) mass is 484 g/mol. The predicted molar refractivity (Wildman–Crippen MR) is 161 cm³/mol. The molecular weight excluding hydrogens is 460 g/mol. The minimum Gasteiger partial charge on any atom is -0.354 e. The Morgan fingerprint density at radius 3 is 1.74 bits per heavy atom. The van der Waals surface area contributed by atoms with Gasteiger partial charge < -0.3 is 9.55 Å². The van der Waals surface area contributed by atoms with Crippen molar-refractivity contribution in [2.24, 2.45) is 0 Å². The summed E-state index contributed by atoms with van der Waals surface area (Å²) >= 11 is 0. The first-order valence-electron chi connectivity index (χ1n) is 13.1. The molecule has 8 rings (SSSR count). The van der Waals surface area contributed by atoms with Gasteiger partial charge in [0, 0.05) is 38.2 Å². The van der Waals surface area contributed by atoms with Crippen LogP contribution in [0.4, 0.5) is 0 Å². The number of nitrogens with zero attached hydrogens (tertiary/aromatic N) is 1. The second-order valence-electron chi connectivity index (χ2n) is 9.84. The molecule has 8 aromatic rings. The summed E-state index contributed by atoms with van der Waals surface area (Å²) in [5, 5.41) is 5.03. The number of hydrogen-bond acceptors (Lipinski definition) is 0. The van der Waals surface area contributed by atoms with Gasteiger partial charge in [-0.15, -0.1) is 0 Å². The van der Waals surface area contributed by atoms with Gasteiger partial charge in [-0.2, -0.15) is 0 Å². The molecule has 0 fully saturated rings. The van der Waals surface area contributed by atoms with Crippen LogP contribution in [0.25, 0.3) is 71.6 Å². The second kappa shape index (κ2) is 8.22. The maximum atomic E-state index is 3.76. The van der Waals surface area contributed by atoms with Crippen LogP contribution in [-0.2, 0) is 0 Å². The van der Waals surface area contributed by atoms with E-state index in [0.717, 1.165) is 0 Å². The molecule has 0 saturated heterocycles. The first-order valence-corrected chi connectivity index (χ1v) is 13.1. The van der Waals surface area contributed by atoms with Crippen LogP contribution in [-0.4, -0.2) is 9.55 Å². The highest BCUT2D eigenvalue weighted by Gasteiger charge is 2.21. The van der Waals surface area contributed by atoms with Gasteiger partial charge in [-0.1, -0.05) is 121 Å². The fraction of sp³-hybridized carbons (Fsp3) is 0. The summed E-state index contributed by atoms with van der Waals surface area (Å²) in [6, 6.07) is 50.1. The Bertz CT molecular complexity index is 2050. The van der Waals surface area contributed by atoms with E-state index in [2.05, 4.69) is 149 Å². The lowest BCUT2D eigenvalue weighted by atomic mass is 9.95. The van der Waals surface area contributed by atoms with Crippen molar-refractivity contribution in [3.8, 4) is 27.9 Å². The summed E-state index contributed by atoms with van der Waals surface area (Å²) in [5.41, 5.74) is 10.8.